The van der Waals surface area contributed by atoms with Gasteiger partial charge >= 0.3 is 0 Å². The van der Waals surface area contributed by atoms with Crippen LogP contribution in [0.15, 0.2) is 12.1 Å². The highest BCUT2D eigenvalue weighted by Gasteiger charge is 2.14. The second kappa shape index (κ2) is 5.30. The SMILES string of the molecule is COc1cc(C)c(C(N)NN)cc1C(C)C. The molecule has 4 nitrogen and oxygen atoms in total. The Balaban J connectivity index is 3.27. The summed E-state index contributed by atoms with van der Waals surface area (Å²) in [5, 5.41) is 0. The fourth-order valence-corrected chi connectivity index (χ4v) is 1.77. The first-order valence-corrected chi connectivity index (χ1v) is 5.41. The highest BCUT2D eigenvalue weighted by atomic mass is 16.5. The second-order valence-electron chi connectivity index (χ2n) is 4.25. The van der Waals surface area contributed by atoms with Crippen molar-refractivity contribution in [3.63, 3.8) is 0 Å². The Morgan fingerprint density at radius 2 is 1.88 bits per heavy atom. The van der Waals surface area contributed by atoms with E-state index in [1.54, 1.807) is 7.11 Å². The molecule has 1 rings (SSSR count). The predicted molar refractivity (Wildman–Crippen MR) is 66.1 cm³/mol. The van der Waals surface area contributed by atoms with Gasteiger partial charge in [-0.2, -0.15) is 0 Å². The molecule has 0 saturated heterocycles. The Morgan fingerprint density at radius 3 is 2.31 bits per heavy atom. The lowest BCUT2D eigenvalue weighted by Gasteiger charge is -2.19. The van der Waals surface area contributed by atoms with E-state index in [0.29, 0.717) is 5.92 Å². The van der Waals surface area contributed by atoms with Crippen LogP contribution >= 0.6 is 0 Å². The van der Waals surface area contributed by atoms with Crippen LogP contribution in [0.3, 0.4) is 0 Å². The molecule has 0 aliphatic heterocycles. The number of methoxy groups -OCH3 is 1. The Kier molecular flexibility index (Phi) is 4.29. The molecule has 1 unspecified atom stereocenters. The van der Waals surface area contributed by atoms with E-state index < -0.39 is 0 Å². The van der Waals surface area contributed by atoms with Gasteiger partial charge in [0.1, 0.15) is 5.75 Å². The number of rotatable bonds is 4. The molecular weight excluding hydrogens is 202 g/mol. The zero-order valence-electron chi connectivity index (χ0n) is 10.4. The summed E-state index contributed by atoms with van der Waals surface area (Å²) in [7, 11) is 1.68. The number of hydrogen-bond donors (Lipinski definition) is 3. The average molecular weight is 223 g/mol. The molecule has 0 bridgehead atoms. The van der Waals surface area contributed by atoms with Crippen LogP contribution in [0.2, 0.25) is 0 Å². The summed E-state index contributed by atoms with van der Waals surface area (Å²) in [4.78, 5) is 0. The van der Waals surface area contributed by atoms with Crippen LogP contribution in [0.5, 0.6) is 5.75 Å². The zero-order valence-corrected chi connectivity index (χ0v) is 10.4. The number of hydrazine groups is 1. The van der Waals surface area contributed by atoms with Crippen LogP contribution in [0.4, 0.5) is 0 Å². The Bertz CT molecular complexity index is 364. The van der Waals surface area contributed by atoms with Crippen molar-refractivity contribution in [1.82, 2.24) is 5.43 Å². The van der Waals surface area contributed by atoms with E-state index >= 15 is 0 Å². The van der Waals surface area contributed by atoms with Gasteiger partial charge < -0.3 is 10.5 Å². The van der Waals surface area contributed by atoms with Gasteiger partial charge in [0.25, 0.3) is 0 Å². The lowest BCUT2D eigenvalue weighted by Crippen LogP contribution is -2.34. The van der Waals surface area contributed by atoms with Crippen molar-refractivity contribution in [2.45, 2.75) is 32.9 Å². The van der Waals surface area contributed by atoms with Gasteiger partial charge in [0.15, 0.2) is 0 Å². The van der Waals surface area contributed by atoms with Gasteiger partial charge in [-0.25, -0.2) is 5.43 Å². The first-order chi connectivity index (χ1) is 7.51. The largest absolute Gasteiger partial charge is 0.496 e. The standard InChI is InChI=1S/C12H21N3O/c1-7(2)9-6-10(12(13)15-14)8(3)5-11(9)16-4/h5-7,12,15H,13-14H2,1-4H3. The molecule has 5 N–H and O–H groups in total. The third-order valence-electron chi connectivity index (χ3n) is 2.76. The Hall–Kier alpha value is -1.10. The van der Waals surface area contributed by atoms with Gasteiger partial charge in [-0.3, -0.25) is 5.84 Å². The minimum absolute atomic E-state index is 0.344. The maximum atomic E-state index is 5.88. The molecular formula is C12H21N3O. The molecule has 0 fully saturated rings. The number of benzene rings is 1. The molecule has 0 amide bonds. The van der Waals surface area contributed by atoms with Crippen molar-refractivity contribution in [3.05, 3.63) is 28.8 Å². The van der Waals surface area contributed by atoms with Crippen molar-refractivity contribution in [3.8, 4) is 5.75 Å². The molecule has 90 valence electrons. The molecule has 0 aliphatic carbocycles. The topological polar surface area (TPSA) is 73.3 Å². The first kappa shape index (κ1) is 13.0. The van der Waals surface area contributed by atoms with Gasteiger partial charge in [0.2, 0.25) is 0 Å². The molecule has 0 aliphatic rings. The van der Waals surface area contributed by atoms with Gasteiger partial charge in [-0.1, -0.05) is 13.8 Å². The fraction of sp³-hybridized carbons (Fsp3) is 0.500. The van der Waals surface area contributed by atoms with Crippen molar-refractivity contribution in [2.24, 2.45) is 11.6 Å². The number of ether oxygens (including phenoxy) is 1. The summed E-state index contributed by atoms with van der Waals surface area (Å²) in [6.07, 6.45) is -0.344. The molecule has 0 aromatic heterocycles. The van der Waals surface area contributed by atoms with E-state index in [-0.39, 0.29) is 6.17 Å². The van der Waals surface area contributed by atoms with E-state index in [1.807, 2.05) is 13.0 Å². The van der Waals surface area contributed by atoms with Crippen LogP contribution in [-0.4, -0.2) is 7.11 Å². The predicted octanol–water partition coefficient (Wildman–Crippen LogP) is 1.55. The molecule has 0 heterocycles. The van der Waals surface area contributed by atoms with Crippen LogP contribution in [0, 0.1) is 6.92 Å². The maximum absolute atomic E-state index is 5.88. The summed E-state index contributed by atoms with van der Waals surface area (Å²) in [5.41, 5.74) is 11.7. The lowest BCUT2D eigenvalue weighted by molar-refractivity contribution is 0.406. The van der Waals surface area contributed by atoms with E-state index in [4.69, 9.17) is 16.3 Å². The van der Waals surface area contributed by atoms with Crippen LogP contribution in [-0.2, 0) is 0 Å². The number of aryl methyl sites for hydroxylation is 1. The number of nitrogens with two attached hydrogens (primary N) is 2. The molecule has 1 aromatic rings. The highest BCUT2D eigenvalue weighted by Crippen LogP contribution is 2.30. The van der Waals surface area contributed by atoms with E-state index in [2.05, 4.69) is 25.3 Å². The third kappa shape index (κ3) is 2.52. The Labute approximate surface area is 96.9 Å². The Morgan fingerprint density at radius 1 is 1.25 bits per heavy atom. The molecule has 0 saturated carbocycles. The van der Waals surface area contributed by atoms with Gasteiger partial charge in [-0.05, 0) is 41.7 Å². The van der Waals surface area contributed by atoms with Crippen LogP contribution in [0.25, 0.3) is 0 Å². The van der Waals surface area contributed by atoms with Crippen molar-refractivity contribution >= 4 is 0 Å². The molecule has 0 spiro atoms. The van der Waals surface area contributed by atoms with Gasteiger partial charge in [-0.15, -0.1) is 0 Å². The molecule has 4 heteroatoms. The highest BCUT2D eigenvalue weighted by molar-refractivity contribution is 5.44. The van der Waals surface area contributed by atoms with E-state index in [1.165, 1.54) is 0 Å². The van der Waals surface area contributed by atoms with Gasteiger partial charge in [0, 0.05) is 0 Å². The van der Waals surface area contributed by atoms with E-state index in [0.717, 1.165) is 22.4 Å². The van der Waals surface area contributed by atoms with Gasteiger partial charge in [0.05, 0.1) is 13.3 Å². The molecule has 1 atom stereocenters. The number of hydrogen-bond acceptors (Lipinski definition) is 4. The number of nitrogens with one attached hydrogen (secondary N) is 1. The second-order valence-corrected chi connectivity index (χ2v) is 4.25. The van der Waals surface area contributed by atoms with Crippen LogP contribution < -0.4 is 21.7 Å². The monoisotopic (exact) mass is 223 g/mol. The smallest absolute Gasteiger partial charge is 0.122 e. The van der Waals surface area contributed by atoms with Crippen molar-refractivity contribution in [2.75, 3.05) is 7.11 Å². The quantitative estimate of drug-likeness (QED) is 0.411. The normalized spacial score (nSPS) is 12.9. The summed E-state index contributed by atoms with van der Waals surface area (Å²) in [5.74, 6) is 6.65. The minimum atomic E-state index is -0.344. The molecule has 0 radical (unpaired) electrons. The fourth-order valence-electron chi connectivity index (χ4n) is 1.77. The zero-order chi connectivity index (χ0) is 12.3. The van der Waals surface area contributed by atoms with Crippen molar-refractivity contribution in [1.29, 1.82) is 0 Å². The lowest BCUT2D eigenvalue weighted by atomic mass is 9.95. The average Bonchev–Trinajstić information content (AvgIpc) is 2.27. The molecule has 1 aromatic carbocycles. The summed E-state index contributed by atoms with van der Waals surface area (Å²) >= 11 is 0. The summed E-state index contributed by atoms with van der Waals surface area (Å²) in [6, 6.07) is 4.06. The first-order valence-electron chi connectivity index (χ1n) is 5.41. The molecule has 16 heavy (non-hydrogen) atoms. The van der Waals surface area contributed by atoms with E-state index in [9.17, 15) is 0 Å². The minimum Gasteiger partial charge on any atom is -0.496 e. The van der Waals surface area contributed by atoms with Crippen molar-refractivity contribution < 1.29 is 4.74 Å². The third-order valence-corrected chi connectivity index (χ3v) is 2.76. The van der Waals surface area contributed by atoms with Crippen LogP contribution in [0.1, 0.15) is 42.6 Å². The maximum Gasteiger partial charge on any atom is 0.122 e. The summed E-state index contributed by atoms with van der Waals surface area (Å²) in [6.45, 7) is 6.25. The summed E-state index contributed by atoms with van der Waals surface area (Å²) < 4.78 is 5.36.